The largest absolute Gasteiger partial charge is 0.506 e. The van der Waals surface area contributed by atoms with Gasteiger partial charge in [0.15, 0.2) is 0 Å². The lowest BCUT2D eigenvalue weighted by atomic mass is 10.0. The van der Waals surface area contributed by atoms with Crippen LogP contribution in [0.25, 0.3) is 11.1 Å². The van der Waals surface area contributed by atoms with Crippen molar-refractivity contribution in [1.82, 2.24) is 14.5 Å². The molecule has 2 aromatic heterocycles. The van der Waals surface area contributed by atoms with Gasteiger partial charge in [0, 0.05) is 30.1 Å². The van der Waals surface area contributed by atoms with Crippen LogP contribution in [0.5, 0.6) is 5.75 Å². The fourth-order valence-electron chi connectivity index (χ4n) is 5.06. The van der Waals surface area contributed by atoms with E-state index in [1.807, 2.05) is 12.3 Å². The van der Waals surface area contributed by atoms with Crippen molar-refractivity contribution in [3.8, 4) is 16.9 Å². The SMILES string of the molecule is Cl.O=C(Nc1c(O)cccc1C(=O)Nc1ccc(Cl)cn1)c1ccc(-c2cccn(CCCN3CCCCC3)c2=O)cc1. The van der Waals surface area contributed by atoms with Crippen LogP contribution in [0.15, 0.2) is 83.9 Å². The first kappa shape index (κ1) is 31.7. The summed E-state index contributed by atoms with van der Waals surface area (Å²) in [5.41, 5.74) is 1.49. The highest BCUT2D eigenvalue weighted by molar-refractivity contribution is 6.30. The first-order chi connectivity index (χ1) is 20.4. The van der Waals surface area contributed by atoms with Crippen molar-refractivity contribution in [3.05, 3.63) is 106 Å². The molecule has 1 fully saturated rings. The summed E-state index contributed by atoms with van der Waals surface area (Å²) in [6.07, 6.45) is 7.91. The standard InChI is InChI=1S/C32H32ClN5O4.ClH/c33-24-14-15-28(34-21-24)35-31(41)26-7-4-9-27(39)29(26)36-30(40)23-12-10-22(11-13-23)25-8-5-19-38(32(25)42)20-6-18-37-16-2-1-3-17-37;/h4-5,7-15,19,21,39H,1-3,6,16-18,20H2,(H,36,40)(H,34,35,41);1H. The smallest absolute Gasteiger partial charge is 0.259 e. The Morgan fingerprint density at radius 2 is 1.65 bits per heavy atom. The Morgan fingerprint density at radius 3 is 2.37 bits per heavy atom. The molecule has 0 radical (unpaired) electrons. The number of hydrogen-bond donors (Lipinski definition) is 3. The number of likely N-dealkylation sites (tertiary alicyclic amines) is 1. The third-order valence-electron chi connectivity index (χ3n) is 7.29. The molecule has 5 rings (SSSR count). The minimum absolute atomic E-state index is 0. The first-order valence-corrected chi connectivity index (χ1v) is 14.4. The third kappa shape index (κ3) is 8.01. The molecule has 0 bridgehead atoms. The van der Waals surface area contributed by atoms with E-state index in [0.717, 1.165) is 26.1 Å². The number of aryl methyl sites for hydroxylation is 1. The molecule has 43 heavy (non-hydrogen) atoms. The van der Waals surface area contributed by atoms with E-state index in [1.165, 1.54) is 43.7 Å². The van der Waals surface area contributed by atoms with E-state index in [9.17, 15) is 19.5 Å². The van der Waals surface area contributed by atoms with Gasteiger partial charge in [-0.2, -0.15) is 0 Å². The predicted octanol–water partition coefficient (Wildman–Crippen LogP) is 6.07. The number of para-hydroxylation sites is 1. The molecular formula is C32H33Cl2N5O4. The lowest BCUT2D eigenvalue weighted by Crippen LogP contribution is -2.31. The molecule has 2 amide bonds. The van der Waals surface area contributed by atoms with Crippen molar-refractivity contribution in [2.75, 3.05) is 30.3 Å². The highest BCUT2D eigenvalue weighted by Gasteiger charge is 2.19. The van der Waals surface area contributed by atoms with Crippen LogP contribution in [0.1, 0.15) is 46.4 Å². The van der Waals surface area contributed by atoms with Crippen molar-refractivity contribution in [2.45, 2.75) is 32.2 Å². The zero-order valence-corrected chi connectivity index (χ0v) is 25.0. The number of aromatic nitrogens is 2. The molecule has 0 atom stereocenters. The number of benzene rings is 2. The zero-order valence-electron chi connectivity index (χ0n) is 23.5. The lowest BCUT2D eigenvalue weighted by molar-refractivity contribution is 0.102. The van der Waals surface area contributed by atoms with Crippen molar-refractivity contribution in [3.63, 3.8) is 0 Å². The highest BCUT2D eigenvalue weighted by atomic mass is 35.5. The van der Waals surface area contributed by atoms with E-state index in [4.69, 9.17) is 11.6 Å². The average Bonchev–Trinajstić information content (AvgIpc) is 3.01. The molecular weight excluding hydrogens is 589 g/mol. The number of phenols is 1. The Morgan fingerprint density at radius 1 is 0.884 bits per heavy atom. The normalized spacial score (nSPS) is 13.1. The maximum absolute atomic E-state index is 13.2. The van der Waals surface area contributed by atoms with Gasteiger partial charge in [0.1, 0.15) is 11.6 Å². The number of halogens is 2. The first-order valence-electron chi connectivity index (χ1n) is 14.0. The van der Waals surface area contributed by atoms with Crippen molar-refractivity contribution >= 4 is 47.3 Å². The molecule has 1 aliphatic rings. The van der Waals surface area contributed by atoms with E-state index in [-0.39, 0.29) is 40.8 Å². The molecule has 1 saturated heterocycles. The molecule has 9 nitrogen and oxygen atoms in total. The second-order valence-corrected chi connectivity index (χ2v) is 10.7. The van der Waals surface area contributed by atoms with Gasteiger partial charge in [0.25, 0.3) is 17.4 Å². The lowest BCUT2D eigenvalue weighted by Gasteiger charge is -2.26. The maximum Gasteiger partial charge on any atom is 0.259 e. The minimum atomic E-state index is -0.567. The highest BCUT2D eigenvalue weighted by Crippen LogP contribution is 2.29. The fraction of sp³-hybridized carbons (Fsp3) is 0.250. The summed E-state index contributed by atoms with van der Waals surface area (Å²) in [6, 6.07) is 17.8. The van der Waals surface area contributed by atoms with Gasteiger partial charge in [0.2, 0.25) is 0 Å². The number of carbonyl (C=O) groups excluding carboxylic acids is 2. The van der Waals surface area contributed by atoms with Crippen LogP contribution in [0.4, 0.5) is 11.5 Å². The monoisotopic (exact) mass is 621 g/mol. The zero-order chi connectivity index (χ0) is 29.5. The minimum Gasteiger partial charge on any atom is -0.506 e. The number of aromatic hydroxyl groups is 1. The van der Waals surface area contributed by atoms with Crippen molar-refractivity contribution in [2.24, 2.45) is 0 Å². The number of phenolic OH excluding ortho intramolecular Hbond substituents is 1. The van der Waals surface area contributed by atoms with Gasteiger partial charge in [-0.1, -0.05) is 36.2 Å². The van der Waals surface area contributed by atoms with E-state index in [1.54, 1.807) is 47.0 Å². The van der Waals surface area contributed by atoms with Crippen molar-refractivity contribution in [1.29, 1.82) is 0 Å². The number of rotatable bonds is 9. The Kier molecular flexibility index (Phi) is 10.9. The molecule has 0 spiro atoms. The van der Waals surface area contributed by atoms with Crippen LogP contribution in [0.3, 0.4) is 0 Å². The Hall–Kier alpha value is -4.18. The van der Waals surface area contributed by atoms with Crippen LogP contribution in [-0.2, 0) is 6.54 Å². The van der Waals surface area contributed by atoms with Gasteiger partial charge in [-0.25, -0.2) is 4.98 Å². The molecule has 224 valence electrons. The van der Waals surface area contributed by atoms with Gasteiger partial charge in [-0.15, -0.1) is 12.4 Å². The topological polar surface area (TPSA) is 117 Å². The Balaban J connectivity index is 0.00000423. The van der Waals surface area contributed by atoms with Crippen molar-refractivity contribution < 1.29 is 14.7 Å². The second-order valence-electron chi connectivity index (χ2n) is 10.2. The van der Waals surface area contributed by atoms with Gasteiger partial charge in [-0.05, 0) is 93.0 Å². The third-order valence-corrected chi connectivity index (χ3v) is 7.52. The Bertz CT molecular complexity index is 1620. The summed E-state index contributed by atoms with van der Waals surface area (Å²) in [7, 11) is 0. The predicted molar refractivity (Wildman–Crippen MR) is 172 cm³/mol. The molecule has 11 heteroatoms. The van der Waals surface area contributed by atoms with E-state index in [0.29, 0.717) is 28.3 Å². The molecule has 0 unspecified atom stereocenters. The Labute approximate surface area is 260 Å². The van der Waals surface area contributed by atoms with E-state index < -0.39 is 11.8 Å². The number of nitrogens with one attached hydrogen (secondary N) is 2. The quantitative estimate of drug-likeness (QED) is 0.195. The molecule has 0 aliphatic carbocycles. The summed E-state index contributed by atoms with van der Waals surface area (Å²) in [4.78, 5) is 45.7. The summed E-state index contributed by atoms with van der Waals surface area (Å²) in [5.74, 6) is -1.09. The molecule has 2 aromatic carbocycles. The van der Waals surface area contributed by atoms with E-state index in [2.05, 4.69) is 20.5 Å². The van der Waals surface area contributed by atoms with Gasteiger partial charge < -0.3 is 25.2 Å². The second kappa shape index (κ2) is 14.8. The number of piperidine rings is 1. The van der Waals surface area contributed by atoms with Crippen LogP contribution in [0, 0.1) is 0 Å². The van der Waals surface area contributed by atoms with Gasteiger partial charge in [0.05, 0.1) is 16.3 Å². The maximum atomic E-state index is 13.2. The number of nitrogens with zero attached hydrogens (tertiary/aromatic N) is 3. The molecule has 0 saturated carbocycles. The molecule has 3 N–H and O–H groups in total. The number of hydrogen-bond acceptors (Lipinski definition) is 6. The van der Waals surface area contributed by atoms with Crippen LogP contribution in [-0.4, -0.2) is 51.0 Å². The van der Waals surface area contributed by atoms with Crippen LogP contribution < -0.4 is 16.2 Å². The average molecular weight is 623 g/mol. The molecule has 3 heterocycles. The summed E-state index contributed by atoms with van der Waals surface area (Å²) in [5, 5.41) is 16.1. The van der Waals surface area contributed by atoms with Crippen LogP contribution in [0.2, 0.25) is 5.02 Å². The summed E-state index contributed by atoms with van der Waals surface area (Å²) in [6.45, 7) is 3.90. The van der Waals surface area contributed by atoms with Gasteiger partial charge in [-0.3, -0.25) is 14.4 Å². The molecule has 4 aromatic rings. The number of carbonyl (C=O) groups is 2. The fourth-order valence-corrected chi connectivity index (χ4v) is 5.17. The summed E-state index contributed by atoms with van der Waals surface area (Å²) >= 11 is 5.85. The number of anilines is 2. The summed E-state index contributed by atoms with van der Waals surface area (Å²) < 4.78 is 1.74. The van der Waals surface area contributed by atoms with Crippen LogP contribution >= 0.6 is 24.0 Å². The van der Waals surface area contributed by atoms with E-state index >= 15 is 0 Å². The van der Waals surface area contributed by atoms with Gasteiger partial charge >= 0.3 is 0 Å². The molecule has 1 aliphatic heterocycles. The number of pyridine rings is 2. The number of amides is 2.